The molecule has 0 spiro atoms. The van der Waals surface area contributed by atoms with Gasteiger partial charge in [-0.25, -0.2) is 0 Å². The number of ether oxygens (including phenoxy) is 1. The molecule has 0 saturated carbocycles. The molecule has 0 aliphatic rings. The first kappa shape index (κ1) is 20.0. The quantitative estimate of drug-likeness (QED) is 0.670. The van der Waals surface area contributed by atoms with Gasteiger partial charge in [-0.3, -0.25) is 19.6 Å². The molecular formula is C22H22N4O3. The Labute approximate surface area is 169 Å². The number of hydrogen-bond acceptors (Lipinski definition) is 5. The second-order valence-corrected chi connectivity index (χ2v) is 6.45. The van der Waals surface area contributed by atoms with Gasteiger partial charge in [-0.05, 0) is 42.3 Å². The van der Waals surface area contributed by atoms with Gasteiger partial charge >= 0.3 is 0 Å². The molecular weight excluding hydrogens is 368 g/mol. The molecule has 2 aromatic heterocycles. The summed E-state index contributed by atoms with van der Waals surface area (Å²) in [7, 11) is 3.26. The normalized spacial score (nSPS) is 10.3. The zero-order valence-electron chi connectivity index (χ0n) is 16.3. The number of pyridine rings is 2. The van der Waals surface area contributed by atoms with Crippen LogP contribution in [-0.4, -0.2) is 47.4 Å². The second-order valence-electron chi connectivity index (χ2n) is 6.45. The van der Waals surface area contributed by atoms with Gasteiger partial charge in [0.15, 0.2) is 0 Å². The van der Waals surface area contributed by atoms with E-state index in [0.717, 1.165) is 5.56 Å². The maximum Gasteiger partial charge on any atom is 0.257 e. The van der Waals surface area contributed by atoms with Crippen LogP contribution in [0.25, 0.3) is 0 Å². The van der Waals surface area contributed by atoms with Gasteiger partial charge in [0.1, 0.15) is 5.75 Å². The van der Waals surface area contributed by atoms with Crippen molar-refractivity contribution in [3.8, 4) is 5.75 Å². The minimum Gasteiger partial charge on any atom is -0.495 e. The van der Waals surface area contributed by atoms with Crippen molar-refractivity contribution in [1.29, 1.82) is 0 Å². The van der Waals surface area contributed by atoms with Crippen molar-refractivity contribution in [1.82, 2.24) is 14.9 Å². The van der Waals surface area contributed by atoms with Crippen LogP contribution in [0.15, 0.2) is 67.3 Å². The molecule has 3 aromatic rings. The van der Waals surface area contributed by atoms with E-state index in [0.29, 0.717) is 35.5 Å². The molecule has 0 aliphatic heterocycles. The Morgan fingerprint density at radius 2 is 1.76 bits per heavy atom. The highest BCUT2D eigenvalue weighted by molar-refractivity contribution is 6.06. The third-order valence-corrected chi connectivity index (χ3v) is 4.43. The first-order valence-electron chi connectivity index (χ1n) is 9.12. The lowest BCUT2D eigenvalue weighted by Gasteiger charge is -2.17. The van der Waals surface area contributed by atoms with E-state index in [1.54, 1.807) is 48.6 Å². The van der Waals surface area contributed by atoms with E-state index in [9.17, 15) is 9.59 Å². The number of methoxy groups -OCH3 is 1. The van der Waals surface area contributed by atoms with Crippen molar-refractivity contribution in [2.45, 2.75) is 6.42 Å². The number of amides is 2. The average Bonchev–Trinajstić information content (AvgIpc) is 2.78. The Morgan fingerprint density at radius 1 is 1.03 bits per heavy atom. The molecule has 1 aromatic carbocycles. The number of para-hydroxylation sites is 2. The summed E-state index contributed by atoms with van der Waals surface area (Å²) in [6.07, 6.45) is 7.06. The average molecular weight is 390 g/mol. The number of aromatic nitrogens is 2. The van der Waals surface area contributed by atoms with Gasteiger partial charge < -0.3 is 15.0 Å². The summed E-state index contributed by atoms with van der Waals surface area (Å²) in [5.74, 6) is -0.00790. The zero-order chi connectivity index (χ0) is 20.6. The van der Waals surface area contributed by atoms with Gasteiger partial charge in [-0.15, -0.1) is 0 Å². The van der Waals surface area contributed by atoms with Crippen molar-refractivity contribution in [2.24, 2.45) is 0 Å². The summed E-state index contributed by atoms with van der Waals surface area (Å²) in [6.45, 7) is 0.542. The third kappa shape index (κ3) is 5.16. The van der Waals surface area contributed by atoms with Crippen molar-refractivity contribution >= 4 is 17.5 Å². The molecule has 7 nitrogen and oxygen atoms in total. The van der Waals surface area contributed by atoms with E-state index >= 15 is 0 Å². The number of likely N-dealkylation sites (N-methyl/N-ethyl adjacent to an activating group) is 1. The van der Waals surface area contributed by atoms with Crippen LogP contribution in [0.5, 0.6) is 5.75 Å². The van der Waals surface area contributed by atoms with Crippen LogP contribution in [0, 0.1) is 0 Å². The number of nitrogens with one attached hydrogen (secondary N) is 1. The fourth-order valence-corrected chi connectivity index (χ4v) is 2.79. The molecule has 148 valence electrons. The molecule has 0 saturated heterocycles. The minimum atomic E-state index is -0.365. The lowest BCUT2D eigenvalue weighted by Crippen LogP contribution is -2.29. The van der Waals surface area contributed by atoms with Crippen LogP contribution in [-0.2, 0) is 6.42 Å². The molecule has 7 heteroatoms. The summed E-state index contributed by atoms with van der Waals surface area (Å²) in [5, 5.41) is 2.79. The van der Waals surface area contributed by atoms with Crippen LogP contribution >= 0.6 is 0 Å². The Balaban J connectivity index is 1.67. The van der Waals surface area contributed by atoms with Crippen molar-refractivity contribution in [3.05, 3.63) is 83.9 Å². The second kappa shape index (κ2) is 9.45. The molecule has 3 rings (SSSR count). The lowest BCUT2D eigenvalue weighted by molar-refractivity contribution is 0.0796. The summed E-state index contributed by atoms with van der Waals surface area (Å²) < 4.78 is 5.24. The van der Waals surface area contributed by atoms with Crippen LogP contribution in [0.1, 0.15) is 26.3 Å². The number of anilines is 1. The maximum atomic E-state index is 12.7. The molecule has 0 atom stereocenters. The van der Waals surface area contributed by atoms with Crippen molar-refractivity contribution < 1.29 is 14.3 Å². The lowest BCUT2D eigenvalue weighted by atomic mass is 10.1. The molecule has 1 N–H and O–H groups in total. The highest BCUT2D eigenvalue weighted by Gasteiger charge is 2.16. The van der Waals surface area contributed by atoms with E-state index < -0.39 is 0 Å². The Hall–Kier alpha value is -3.74. The number of hydrogen-bond donors (Lipinski definition) is 1. The third-order valence-electron chi connectivity index (χ3n) is 4.43. The minimum absolute atomic E-state index is 0.196. The van der Waals surface area contributed by atoms with Gasteiger partial charge in [0.2, 0.25) is 0 Å². The summed E-state index contributed by atoms with van der Waals surface area (Å²) >= 11 is 0. The number of benzene rings is 1. The van der Waals surface area contributed by atoms with Gasteiger partial charge in [0, 0.05) is 38.4 Å². The largest absolute Gasteiger partial charge is 0.495 e. The molecule has 0 fully saturated rings. The Kier molecular flexibility index (Phi) is 6.52. The van der Waals surface area contributed by atoms with Gasteiger partial charge in [-0.2, -0.15) is 0 Å². The molecule has 2 amide bonds. The smallest absolute Gasteiger partial charge is 0.257 e. The molecule has 0 bridgehead atoms. The van der Waals surface area contributed by atoms with Gasteiger partial charge in [-0.1, -0.05) is 12.1 Å². The predicted molar refractivity (Wildman–Crippen MR) is 110 cm³/mol. The molecule has 0 unspecified atom stereocenters. The summed E-state index contributed by atoms with van der Waals surface area (Å²) in [5.41, 5.74) is 2.30. The maximum absolute atomic E-state index is 12.7. The topological polar surface area (TPSA) is 84.4 Å². The SMILES string of the molecule is COc1ccccc1NC(=O)c1cncc(C(=O)N(C)CCc2ccncc2)c1. The number of carbonyl (C=O) groups excluding carboxylic acids is 2. The Morgan fingerprint density at radius 3 is 2.52 bits per heavy atom. The van der Waals surface area contributed by atoms with Crippen molar-refractivity contribution in [2.75, 3.05) is 26.0 Å². The molecule has 0 aliphatic carbocycles. The van der Waals surface area contributed by atoms with E-state index in [2.05, 4.69) is 15.3 Å². The molecule has 29 heavy (non-hydrogen) atoms. The first-order chi connectivity index (χ1) is 14.1. The molecule has 0 radical (unpaired) electrons. The standard InChI is InChI=1S/C22H22N4O3/c1-26(12-9-16-7-10-23-11-8-16)22(28)18-13-17(14-24-15-18)21(27)25-19-5-3-4-6-20(19)29-2/h3-8,10-11,13-15H,9,12H2,1-2H3,(H,25,27). The van der Waals surface area contributed by atoms with Crippen LogP contribution < -0.4 is 10.1 Å². The van der Waals surface area contributed by atoms with E-state index in [1.807, 2.05) is 18.2 Å². The highest BCUT2D eigenvalue weighted by atomic mass is 16.5. The van der Waals surface area contributed by atoms with Gasteiger partial charge in [0.25, 0.3) is 11.8 Å². The van der Waals surface area contributed by atoms with E-state index in [4.69, 9.17) is 4.74 Å². The number of rotatable bonds is 7. The first-order valence-corrected chi connectivity index (χ1v) is 9.12. The Bertz CT molecular complexity index is 992. The summed E-state index contributed by atoms with van der Waals surface area (Å²) in [4.78, 5) is 35.0. The fraction of sp³-hybridized carbons (Fsp3) is 0.182. The number of carbonyl (C=O) groups is 2. The van der Waals surface area contributed by atoms with Crippen LogP contribution in [0.2, 0.25) is 0 Å². The number of nitrogens with zero attached hydrogens (tertiary/aromatic N) is 3. The van der Waals surface area contributed by atoms with Crippen LogP contribution in [0.4, 0.5) is 5.69 Å². The summed E-state index contributed by atoms with van der Waals surface area (Å²) in [6, 6.07) is 12.5. The fourth-order valence-electron chi connectivity index (χ4n) is 2.79. The van der Waals surface area contributed by atoms with E-state index in [1.165, 1.54) is 19.5 Å². The van der Waals surface area contributed by atoms with E-state index in [-0.39, 0.29) is 11.8 Å². The molecule has 2 heterocycles. The predicted octanol–water partition coefficient (Wildman–Crippen LogP) is 3.05. The van der Waals surface area contributed by atoms with Crippen molar-refractivity contribution in [3.63, 3.8) is 0 Å². The van der Waals surface area contributed by atoms with Gasteiger partial charge in [0.05, 0.1) is 23.9 Å². The highest BCUT2D eigenvalue weighted by Crippen LogP contribution is 2.23. The zero-order valence-corrected chi connectivity index (χ0v) is 16.3. The monoisotopic (exact) mass is 390 g/mol. The van der Waals surface area contributed by atoms with Crippen LogP contribution in [0.3, 0.4) is 0 Å².